The molecule has 1 saturated heterocycles. The first-order valence-corrected chi connectivity index (χ1v) is 11.4. The molecule has 1 saturated carbocycles. The summed E-state index contributed by atoms with van der Waals surface area (Å²) in [5, 5.41) is 3.17. The normalized spacial score (nSPS) is 21.6. The highest BCUT2D eigenvalue weighted by Gasteiger charge is 2.38. The third-order valence-electron chi connectivity index (χ3n) is 6.73. The van der Waals surface area contributed by atoms with Crippen molar-refractivity contribution in [2.24, 2.45) is 5.92 Å². The first-order chi connectivity index (χ1) is 14.0. The van der Waals surface area contributed by atoms with Crippen molar-refractivity contribution in [1.82, 2.24) is 15.1 Å². The van der Waals surface area contributed by atoms with Gasteiger partial charge < -0.3 is 10.2 Å². The van der Waals surface area contributed by atoms with E-state index in [4.69, 9.17) is 0 Å². The molecule has 2 amide bonds. The minimum Gasteiger partial charge on any atom is -0.354 e. The number of rotatable bonds is 8. The molecule has 1 aromatic carbocycles. The Morgan fingerprint density at radius 2 is 1.79 bits per heavy atom. The zero-order valence-corrected chi connectivity index (χ0v) is 18.3. The molecule has 5 nitrogen and oxygen atoms in total. The van der Waals surface area contributed by atoms with Gasteiger partial charge in [0, 0.05) is 25.6 Å². The van der Waals surface area contributed by atoms with Crippen LogP contribution in [0.5, 0.6) is 0 Å². The average molecular weight is 400 g/mol. The van der Waals surface area contributed by atoms with E-state index in [0.717, 1.165) is 25.9 Å². The van der Waals surface area contributed by atoms with Gasteiger partial charge in [-0.15, -0.1) is 0 Å². The van der Waals surface area contributed by atoms with Crippen LogP contribution in [-0.2, 0) is 9.59 Å². The van der Waals surface area contributed by atoms with E-state index in [1.165, 1.54) is 30.4 Å². The minimum atomic E-state index is -0.209. The number of likely N-dealkylation sites (N-methyl/N-ethyl adjacent to an activating group) is 1. The second-order valence-electron chi connectivity index (χ2n) is 8.63. The molecule has 0 radical (unpaired) electrons. The Bertz CT molecular complexity index is 678. The van der Waals surface area contributed by atoms with E-state index in [0.29, 0.717) is 25.6 Å². The van der Waals surface area contributed by atoms with Gasteiger partial charge in [0.25, 0.3) is 0 Å². The maximum atomic E-state index is 12.9. The van der Waals surface area contributed by atoms with Gasteiger partial charge in [0.15, 0.2) is 0 Å². The molecule has 1 heterocycles. The Kier molecular flexibility index (Phi) is 7.70. The highest BCUT2D eigenvalue weighted by atomic mass is 16.2. The summed E-state index contributed by atoms with van der Waals surface area (Å²) in [7, 11) is 0. The summed E-state index contributed by atoms with van der Waals surface area (Å²) in [6.07, 6.45) is 6.23. The molecule has 2 atom stereocenters. The fourth-order valence-electron chi connectivity index (χ4n) is 4.91. The van der Waals surface area contributed by atoms with Gasteiger partial charge in [-0.2, -0.15) is 0 Å². The maximum absolute atomic E-state index is 12.9. The molecule has 3 rings (SSSR count). The van der Waals surface area contributed by atoms with Crippen LogP contribution in [-0.4, -0.2) is 53.8 Å². The van der Waals surface area contributed by atoms with Crippen LogP contribution >= 0.6 is 0 Å². The summed E-state index contributed by atoms with van der Waals surface area (Å²) in [5.74, 6) is -0.0170. The average Bonchev–Trinajstić information content (AvgIpc) is 3.14. The van der Waals surface area contributed by atoms with Gasteiger partial charge in [-0.05, 0) is 38.4 Å². The van der Waals surface area contributed by atoms with Crippen molar-refractivity contribution < 1.29 is 9.59 Å². The number of carbonyl (C=O) groups is 2. The molecule has 2 aliphatic rings. The summed E-state index contributed by atoms with van der Waals surface area (Å²) in [6, 6.07) is 9.09. The van der Waals surface area contributed by atoms with Crippen molar-refractivity contribution in [3.63, 3.8) is 0 Å². The SMILES string of the molecule is CCN(CC)C(CNC(=O)C1CC(=O)N(C2CCCCC2)C1)c1ccc(C)cc1. The van der Waals surface area contributed by atoms with E-state index in [9.17, 15) is 9.59 Å². The van der Waals surface area contributed by atoms with Crippen molar-refractivity contribution >= 4 is 11.8 Å². The Morgan fingerprint density at radius 3 is 2.41 bits per heavy atom. The van der Waals surface area contributed by atoms with Crippen LogP contribution in [0.25, 0.3) is 0 Å². The molecule has 1 aromatic rings. The molecule has 5 heteroatoms. The fourth-order valence-corrected chi connectivity index (χ4v) is 4.91. The summed E-state index contributed by atoms with van der Waals surface area (Å²) in [4.78, 5) is 29.8. The molecule has 29 heavy (non-hydrogen) atoms. The van der Waals surface area contributed by atoms with Crippen LogP contribution in [0.2, 0.25) is 0 Å². The van der Waals surface area contributed by atoms with Crippen molar-refractivity contribution in [3.05, 3.63) is 35.4 Å². The molecule has 0 bridgehead atoms. The molecule has 2 unspecified atom stereocenters. The molecule has 0 aromatic heterocycles. The summed E-state index contributed by atoms with van der Waals surface area (Å²) in [6.45, 7) is 9.44. The van der Waals surface area contributed by atoms with Gasteiger partial charge in [-0.3, -0.25) is 14.5 Å². The van der Waals surface area contributed by atoms with Crippen LogP contribution < -0.4 is 5.32 Å². The number of nitrogens with zero attached hydrogens (tertiary/aromatic N) is 2. The van der Waals surface area contributed by atoms with Gasteiger partial charge in [0.2, 0.25) is 11.8 Å². The maximum Gasteiger partial charge on any atom is 0.225 e. The Balaban J connectivity index is 1.61. The number of hydrogen-bond acceptors (Lipinski definition) is 3. The number of likely N-dealkylation sites (tertiary alicyclic amines) is 1. The van der Waals surface area contributed by atoms with Crippen molar-refractivity contribution in [2.45, 2.75) is 71.4 Å². The van der Waals surface area contributed by atoms with E-state index in [1.807, 2.05) is 4.90 Å². The molecule has 0 spiro atoms. The van der Waals surface area contributed by atoms with Crippen LogP contribution in [0.1, 0.15) is 69.5 Å². The van der Waals surface area contributed by atoms with Gasteiger partial charge >= 0.3 is 0 Å². The number of amides is 2. The van der Waals surface area contributed by atoms with Crippen LogP contribution in [0.4, 0.5) is 0 Å². The molecule has 2 fully saturated rings. The van der Waals surface area contributed by atoms with Gasteiger partial charge in [0.1, 0.15) is 0 Å². The van der Waals surface area contributed by atoms with Crippen molar-refractivity contribution in [2.75, 3.05) is 26.2 Å². The number of hydrogen-bond donors (Lipinski definition) is 1. The molecule has 1 aliphatic heterocycles. The Labute approximate surface area is 175 Å². The van der Waals surface area contributed by atoms with E-state index in [2.05, 4.69) is 55.3 Å². The Hall–Kier alpha value is -1.88. The number of carbonyl (C=O) groups excluding carboxylic acids is 2. The van der Waals surface area contributed by atoms with E-state index < -0.39 is 0 Å². The highest BCUT2D eigenvalue weighted by Crippen LogP contribution is 2.29. The predicted octanol–water partition coefficient (Wildman–Crippen LogP) is 3.68. The topological polar surface area (TPSA) is 52.7 Å². The van der Waals surface area contributed by atoms with E-state index >= 15 is 0 Å². The largest absolute Gasteiger partial charge is 0.354 e. The zero-order valence-electron chi connectivity index (χ0n) is 18.3. The quantitative estimate of drug-likeness (QED) is 0.726. The molecule has 160 valence electrons. The smallest absolute Gasteiger partial charge is 0.225 e. The predicted molar refractivity (Wildman–Crippen MR) is 117 cm³/mol. The van der Waals surface area contributed by atoms with Crippen LogP contribution in [0.15, 0.2) is 24.3 Å². The summed E-state index contributed by atoms with van der Waals surface area (Å²) in [5.41, 5.74) is 2.47. The van der Waals surface area contributed by atoms with Crippen molar-refractivity contribution in [3.8, 4) is 0 Å². The van der Waals surface area contributed by atoms with Gasteiger partial charge in [0.05, 0.1) is 12.0 Å². The molecule has 1 aliphatic carbocycles. The number of aryl methyl sites for hydroxylation is 1. The summed E-state index contributed by atoms with van der Waals surface area (Å²) >= 11 is 0. The monoisotopic (exact) mass is 399 g/mol. The lowest BCUT2D eigenvalue weighted by molar-refractivity contribution is -0.130. The molecule has 1 N–H and O–H groups in total. The van der Waals surface area contributed by atoms with Crippen LogP contribution in [0, 0.1) is 12.8 Å². The zero-order chi connectivity index (χ0) is 20.8. The van der Waals surface area contributed by atoms with Gasteiger partial charge in [-0.25, -0.2) is 0 Å². The third-order valence-corrected chi connectivity index (χ3v) is 6.73. The lowest BCUT2D eigenvalue weighted by Crippen LogP contribution is -2.42. The molecular weight excluding hydrogens is 362 g/mol. The standard InChI is InChI=1S/C24H37N3O2/c1-4-26(5-2)22(19-13-11-18(3)12-14-19)16-25-24(29)20-15-23(28)27(17-20)21-9-7-6-8-10-21/h11-14,20-22H,4-10,15-17H2,1-3H3,(H,25,29). The van der Waals surface area contributed by atoms with Gasteiger partial charge in [-0.1, -0.05) is 62.9 Å². The lowest BCUT2D eigenvalue weighted by atomic mass is 9.94. The lowest BCUT2D eigenvalue weighted by Gasteiger charge is -2.32. The summed E-state index contributed by atoms with van der Waals surface area (Å²) < 4.78 is 0. The second-order valence-corrected chi connectivity index (χ2v) is 8.63. The minimum absolute atomic E-state index is 0.0286. The third kappa shape index (κ3) is 5.39. The Morgan fingerprint density at radius 1 is 1.14 bits per heavy atom. The first-order valence-electron chi connectivity index (χ1n) is 11.4. The highest BCUT2D eigenvalue weighted by molar-refractivity contribution is 5.89. The van der Waals surface area contributed by atoms with Crippen molar-refractivity contribution in [1.29, 1.82) is 0 Å². The van der Waals surface area contributed by atoms with E-state index in [-0.39, 0.29) is 23.8 Å². The first kappa shape index (κ1) is 21.8. The number of nitrogens with one attached hydrogen (secondary N) is 1. The van der Waals surface area contributed by atoms with Crippen LogP contribution in [0.3, 0.4) is 0 Å². The second kappa shape index (κ2) is 10.2. The molecular formula is C24H37N3O2. The number of benzene rings is 1. The van der Waals surface area contributed by atoms with E-state index in [1.54, 1.807) is 0 Å². The fraction of sp³-hybridized carbons (Fsp3) is 0.667.